The molecule has 2 atom stereocenters. The molecule has 2 N–H and O–H groups in total. The Morgan fingerprint density at radius 3 is 2.82 bits per heavy atom. The second-order valence-electron chi connectivity index (χ2n) is 6.06. The van der Waals surface area contributed by atoms with Gasteiger partial charge in [-0.3, -0.25) is 4.90 Å². The molecule has 1 saturated heterocycles. The summed E-state index contributed by atoms with van der Waals surface area (Å²) in [5, 5.41) is 4.09. The van der Waals surface area contributed by atoms with Crippen molar-refractivity contribution in [2.45, 2.75) is 32.2 Å². The number of likely N-dealkylation sites (tertiary alicyclic amines) is 1. The number of benzene rings is 1. The second-order valence-corrected chi connectivity index (χ2v) is 6.06. The largest absolute Gasteiger partial charge is 0.339 e. The van der Waals surface area contributed by atoms with Gasteiger partial charge in [-0.15, -0.1) is 0 Å². The molecule has 1 aliphatic heterocycles. The normalized spacial score (nSPS) is 22.3. The zero-order valence-corrected chi connectivity index (χ0v) is 13.1. The quantitative estimate of drug-likeness (QED) is 0.885. The summed E-state index contributed by atoms with van der Waals surface area (Å²) >= 11 is 0. The topological polar surface area (TPSA) is 68.2 Å². The van der Waals surface area contributed by atoms with Crippen LogP contribution >= 0.6 is 0 Å². The fraction of sp³-hybridized carbons (Fsp3) is 0.529. The zero-order chi connectivity index (χ0) is 15.4. The zero-order valence-electron chi connectivity index (χ0n) is 13.1. The van der Waals surface area contributed by atoms with Gasteiger partial charge in [0.15, 0.2) is 5.82 Å². The van der Waals surface area contributed by atoms with Gasteiger partial charge in [0.1, 0.15) is 0 Å². The summed E-state index contributed by atoms with van der Waals surface area (Å²) in [5.74, 6) is 2.51. The van der Waals surface area contributed by atoms with E-state index in [9.17, 15) is 0 Å². The molecule has 1 aromatic carbocycles. The first-order chi connectivity index (χ1) is 10.8. The predicted molar refractivity (Wildman–Crippen MR) is 85.3 cm³/mol. The second kappa shape index (κ2) is 7.03. The number of hydrogen-bond acceptors (Lipinski definition) is 5. The maximum Gasteiger partial charge on any atom is 0.226 e. The van der Waals surface area contributed by atoms with E-state index in [2.05, 4.69) is 52.3 Å². The lowest BCUT2D eigenvalue weighted by atomic mass is 9.89. The molecular formula is C17H24N4O. The van der Waals surface area contributed by atoms with Gasteiger partial charge in [0.2, 0.25) is 5.89 Å². The molecule has 0 unspecified atom stereocenters. The van der Waals surface area contributed by atoms with E-state index in [0.29, 0.717) is 18.4 Å². The van der Waals surface area contributed by atoms with Gasteiger partial charge in [-0.2, -0.15) is 4.98 Å². The molecule has 5 nitrogen and oxygen atoms in total. The lowest BCUT2D eigenvalue weighted by Gasteiger charge is -2.16. The molecule has 118 valence electrons. The van der Waals surface area contributed by atoms with Crippen molar-refractivity contribution in [3.05, 3.63) is 47.6 Å². The molecule has 2 heterocycles. The number of aromatic nitrogens is 2. The molecule has 1 aliphatic rings. The van der Waals surface area contributed by atoms with Crippen molar-refractivity contribution >= 4 is 0 Å². The Balaban J connectivity index is 1.66. The molecule has 2 aromatic rings. The molecule has 1 aromatic heterocycles. The van der Waals surface area contributed by atoms with Gasteiger partial charge in [0.05, 0.1) is 6.54 Å². The Morgan fingerprint density at radius 1 is 1.27 bits per heavy atom. The molecule has 3 rings (SSSR count). The van der Waals surface area contributed by atoms with E-state index in [0.717, 1.165) is 44.2 Å². The summed E-state index contributed by atoms with van der Waals surface area (Å²) in [7, 11) is 0. The molecule has 0 radical (unpaired) electrons. The number of rotatable bonds is 6. The molecule has 5 heteroatoms. The van der Waals surface area contributed by atoms with Crippen LogP contribution in [-0.2, 0) is 13.0 Å². The van der Waals surface area contributed by atoms with Crippen LogP contribution in [0.15, 0.2) is 34.9 Å². The molecule has 0 spiro atoms. The van der Waals surface area contributed by atoms with E-state index in [1.165, 1.54) is 5.56 Å². The smallest absolute Gasteiger partial charge is 0.226 e. The minimum atomic E-state index is 0.490. The lowest BCUT2D eigenvalue weighted by molar-refractivity contribution is 0.298. The SMILES string of the molecule is CCCc1nc(CN2C[C@@H](CN)[C@H](c3ccccc3)C2)no1. The summed E-state index contributed by atoms with van der Waals surface area (Å²) in [6.45, 7) is 5.56. The third kappa shape index (κ3) is 3.36. The molecule has 0 saturated carbocycles. The Labute approximate surface area is 131 Å². The summed E-state index contributed by atoms with van der Waals surface area (Å²) < 4.78 is 5.27. The highest BCUT2D eigenvalue weighted by Crippen LogP contribution is 2.32. The summed E-state index contributed by atoms with van der Waals surface area (Å²) in [5.41, 5.74) is 7.36. The molecule has 0 amide bonds. The molecular weight excluding hydrogens is 276 g/mol. The fourth-order valence-corrected chi connectivity index (χ4v) is 3.28. The minimum Gasteiger partial charge on any atom is -0.339 e. The average molecular weight is 300 g/mol. The summed E-state index contributed by atoms with van der Waals surface area (Å²) in [6.07, 6.45) is 1.88. The van der Waals surface area contributed by atoms with E-state index in [1.54, 1.807) is 0 Å². The third-order valence-electron chi connectivity index (χ3n) is 4.39. The maximum absolute atomic E-state index is 5.98. The van der Waals surface area contributed by atoms with Gasteiger partial charge >= 0.3 is 0 Å². The first kappa shape index (κ1) is 15.2. The predicted octanol–water partition coefficient (Wildman–Crippen LogP) is 2.20. The monoisotopic (exact) mass is 300 g/mol. The van der Waals surface area contributed by atoms with Gasteiger partial charge in [0.25, 0.3) is 0 Å². The molecule has 0 bridgehead atoms. The highest BCUT2D eigenvalue weighted by Gasteiger charge is 2.33. The van der Waals surface area contributed by atoms with E-state index in [-0.39, 0.29) is 0 Å². The van der Waals surface area contributed by atoms with Crippen molar-refractivity contribution in [2.75, 3.05) is 19.6 Å². The number of nitrogens with two attached hydrogens (primary N) is 1. The van der Waals surface area contributed by atoms with Crippen molar-refractivity contribution < 1.29 is 4.52 Å². The van der Waals surface area contributed by atoms with Crippen molar-refractivity contribution in [3.8, 4) is 0 Å². The third-order valence-corrected chi connectivity index (χ3v) is 4.39. The number of nitrogens with zero attached hydrogens (tertiary/aromatic N) is 3. The number of aryl methyl sites for hydroxylation is 1. The van der Waals surface area contributed by atoms with Crippen molar-refractivity contribution in [1.82, 2.24) is 15.0 Å². The van der Waals surface area contributed by atoms with Crippen LogP contribution in [-0.4, -0.2) is 34.7 Å². The van der Waals surface area contributed by atoms with Crippen LogP contribution in [0.3, 0.4) is 0 Å². The van der Waals surface area contributed by atoms with Gasteiger partial charge in [-0.05, 0) is 24.4 Å². The molecule has 1 fully saturated rings. The Kier molecular flexibility index (Phi) is 4.85. The summed E-state index contributed by atoms with van der Waals surface area (Å²) in [4.78, 5) is 6.85. The Bertz CT molecular complexity index is 583. The Morgan fingerprint density at radius 2 is 2.09 bits per heavy atom. The van der Waals surface area contributed by atoms with Crippen LogP contribution < -0.4 is 5.73 Å². The number of hydrogen-bond donors (Lipinski definition) is 1. The fourth-order valence-electron chi connectivity index (χ4n) is 3.28. The van der Waals surface area contributed by atoms with Gasteiger partial charge < -0.3 is 10.3 Å². The van der Waals surface area contributed by atoms with Crippen molar-refractivity contribution in [2.24, 2.45) is 11.7 Å². The van der Waals surface area contributed by atoms with E-state index in [1.807, 2.05) is 0 Å². The standard InChI is InChI=1S/C17H24N4O/c1-2-6-17-19-16(20-22-17)12-21-10-14(9-18)15(11-21)13-7-4-3-5-8-13/h3-5,7-8,14-15H,2,6,9-12,18H2,1H3/t14-,15+/m1/s1. The molecule has 22 heavy (non-hydrogen) atoms. The van der Waals surface area contributed by atoms with Crippen LogP contribution in [0.2, 0.25) is 0 Å². The van der Waals surface area contributed by atoms with Crippen LogP contribution in [0.25, 0.3) is 0 Å². The summed E-state index contributed by atoms with van der Waals surface area (Å²) in [6, 6.07) is 10.7. The molecule has 0 aliphatic carbocycles. The Hall–Kier alpha value is -1.72. The van der Waals surface area contributed by atoms with Gasteiger partial charge in [-0.1, -0.05) is 42.4 Å². The first-order valence-electron chi connectivity index (χ1n) is 8.09. The van der Waals surface area contributed by atoms with Gasteiger partial charge in [0, 0.05) is 25.4 Å². The van der Waals surface area contributed by atoms with E-state index >= 15 is 0 Å². The van der Waals surface area contributed by atoms with Crippen molar-refractivity contribution in [3.63, 3.8) is 0 Å². The lowest BCUT2D eigenvalue weighted by Crippen LogP contribution is -2.23. The highest BCUT2D eigenvalue weighted by molar-refractivity contribution is 5.22. The average Bonchev–Trinajstić information content (AvgIpc) is 3.16. The van der Waals surface area contributed by atoms with Crippen LogP contribution in [0.4, 0.5) is 0 Å². The van der Waals surface area contributed by atoms with Crippen molar-refractivity contribution in [1.29, 1.82) is 0 Å². The van der Waals surface area contributed by atoms with E-state index in [4.69, 9.17) is 10.3 Å². The van der Waals surface area contributed by atoms with Crippen LogP contribution in [0.5, 0.6) is 0 Å². The maximum atomic E-state index is 5.98. The van der Waals surface area contributed by atoms with Crippen LogP contribution in [0, 0.1) is 5.92 Å². The highest BCUT2D eigenvalue weighted by atomic mass is 16.5. The first-order valence-corrected chi connectivity index (χ1v) is 8.09. The van der Waals surface area contributed by atoms with Gasteiger partial charge in [-0.25, -0.2) is 0 Å². The van der Waals surface area contributed by atoms with E-state index < -0.39 is 0 Å². The van der Waals surface area contributed by atoms with Crippen LogP contribution in [0.1, 0.15) is 36.5 Å². The minimum absolute atomic E-state index is 0.490.